The molecule has 0 radical (unpaired) electrons. The first-order chi connectivity index (χ1) is 10.1. The molecule has 1 fully saturated rings. The van der Waals surface area contributed by atoms with Gasteiger partial charge in [0.25, 0.3) is 0 Å². The van der Waals surface area contributed by atoms with E-state index in [1.807, 2.05) is 6.07 Å². The van der Waals surface area contributed by atoms with Crippen molar-refractivity contribution in [2.24, 2.45) is 5.41 Å². The molecule has 1 aromatic carbocycles. The Kier molecular flexibility index (Phi) is 4.79. The second-order valence-electron chi connectivity index (χ2n) is 5.65. The summed E-state index contributed by atoms with van der Waals surface area (Å²) < 4.78 is 13.1. The summed E-state index contributed by atoms with van der Waals surface area (Å²) in [5, 5.41) is 21.7. The molecule has 1 aromatic rings. The summed E-state index contributed by atoms with van der Waals surface area (Å²) in [6, 6.07) is 5.84. The van der Waals surface area contributed by atoms with Gasteiger partial charge in [0.05, 0.1) is 16.7 Å². The van der Waals surface area contributed by atoms with Gasteiger partial charge in [-0.25, -0.2) is 4.39 Å². The molecule has 0 saturated heterocycles. The number of hydrogen-bond donors (Lipinski definition) is 2. The fraction of sp³-hybridized carbons (Fsp3) is 0.500. The number of anilines is 1. The van der Waals surface area contributed by atoms with Crippen molar-refractivity contribution in [3.63, 3.8) is 0 Å². The van der Waals surface area contributed by atoms with Gasteiger partial charge >= 0.3 is 5.97 Å². The van der Waals surface area contributed by atoms with Crippen LogP contribution in [0.3, 0.4) is 0 Å². The van der Waals surface area contributed by atoms with Crippen LogP contribution >= 0.6 is 0 Å². The quantitative estimate of drug-likeness (QED) is 0.832. The molecule has 0 atom stereocenters. The Morgan fingerprint density at radius 3 is 2.57 bits per heavy atom. The van der Waals surface area contributed by atoms with Gasteiger partial charge in [-0.3, -0.25) is 4.79 Å². The number of carbonyl (C=O) groups is 1. The topological polar surface area (TPSA) is 73.1 Å². The molecule has 4 nitrogen and oxygen atoms in total. The predicted octanol–water partition coefficient (Wildman–Crippen LogP) is 3.53. The summed E-state index contributed by atoms with van der Waals surface area (Å²) in [5.41, 5.74) is -0.106. The molecule has 1 aliphatic rings. The van der Waals surface area contributed by atoms with Crippen molar-refractivity contribution in [1.82, 2.24) is 0 Å². The highest BCUT2D eigenvalue weighted by Crippen LogP contribution is 2.36. The molecule has 0 aromatic heterocycles. The first-order valence-corrected chi connectivity index (χ1v) is 7.24. The molecule has 112 valence electrons. The summed E-state index contributed by atoms with van der Waals surface area (Å²) in [6.07, 6.45) is 5.21. The zero-order chi connectivity index (χ0) is 15.3. The van der Waals surface area contributed by atoms with Gasteiger partial charge in [0.2, 0.25) is 0 Å². The van der Waals surface area contributed by atoms with E-state index in [1.165, 1.54) is 12.1 Å². The summed E-state index contributed by atoms with van der Waals surface area (Å²) in [6.45, 7) is 0.267. The molecule has 5 heteroatoms. The second-order valence-corrected chi connectivity index (χ2v) is 5.65. The number of rotatable bonds is 4. The third kappa shape index (κ3) is 3.52. The lowest BCUT2D eigenvalue weighted by Crippen LogP contribution is -2.37. The van der Waals surface area contributed by atoms with Gasteiger partial charge in [0.1, 0.15) is 11.9 Å². The molecule has 0 amide bonds. The number of nitrogens with zero attached hydrogens (tertiary/aromatic N) is 1. The van der Waals surface area contributed by atoms with Gasteiger partial charge in [-0.2, -0.15) is 5.26 Å². The van der Waals surface area contributed by atoms with Crippen LogP contribution in [-0.2, 0) is 4.79 Å². The minimum Gasteiger partial charge on any atom is -0.481 e. The molecule has 0 unspecified atom stereocenters. The van der Waals surface area contributed by atoms with Gasteiger partial charge in [0.15, 0.2) is 0 Å². The molecule has 2 rings (SSSR count). The first kappa shape index (κ1) is 15.3. The van der Waals surface area contributed by atoms with Crippen LogP contribution in [0.1, 0.15) is 44.1 Å². The van der Waals surface area contributed by atoms with Crippen LogP contribution in [-0.4, -0.2) is 17.6 Å². The lowest BCUT2D eigenvalue weighted by Gasteiger charge is -2.28. The lowest BCUT2D eigenvalue weighted by atomic mass is 9.80. The molecule has 2 N–H and O–H groups in total. The zero-order valence-corrected chi connectivity index (χ0v) is 11.9. The van der Waals surface area contributed by atoms with Crippen molar-refractivity contribution >= 4 is 11.7 Å². The minimum absolute atomic E-state index is 0.198. The van der Waals surface area contributed by atoms with Crippen molar-refractivity contribution in [2.75, 3.05) is 11.9 Å². The summed E-state index contributed by atoms with van der Waals surface area (Å²) in [4.78, 5) is 11.7. The van der Waals surface area contributed by atoms with Crippen LogP contribution in [0.25, 0.3) is 0 Å². The van der Waals surface area contributed by atoms with Gasteiger partial charge in [-0.15, -0.1) is 0 Å². The van der Waals surface area contributed by atoms with Crippen LogP contribution in [0.5, 0.6) is 0 Å². The Morgan fingerprint density at radius 1 is 1.33 bits per heavy atom. The van der Waals surface area contributed by atoms with E-state index in [9.17, 15) is 14.3 Å². The first-order valence-electron chi connectivity index (χ1n) is 7.24. The Hall–Kier alpha value is -2.09. The maximum Gasteiger partial charge on any atom is 0.311 e. The number of aliphatic carboxylic acids is 1. The molecule has 0 aliphatic heterocycles. The summed E-state index contributed by atoms with van der Waals surface area (Å²) in [7, 11) is 0. The molecule has 0 heterocycles. The third-order valence-electron chi connectivity index (χ3n) is 4.23. The van der Waals surface area contributed by atoms with Crippen LogP contribution in [0, 0.1) is 22.6 Å². The number of benzene rings is 1. The zero-order valence-electron chi connectivity index (χ0n) is 11.9. The van der Waals surface area contributed by atoms with Crippen LogP contribution in [0.4, 0.5) is 10.1 Å². The van der Waals surface area contributed by atoms with Crippen molar-refractivity contribution in [3.8, 4) is 6.07 Å². The molecular formula is C16H19FN2O2. The highest BCUT2D eigenvalue weighted by molar-refractivity contribution is 5.75. The molecule has 1 saturated carbocycles. The van der Waals surface area contributed by atoms with Gasteiger partial charge in [-0.1, -0.05) is 25.7 Å². The van der Waals surface area contributed by atoms with E-state index in [-0.39, 0.29) is 12.1 Å². The smallest absolute Gasteiger partial charge is 0.311 e. The second kappa shape index (κ2) is 6.57. The average Bonchev–Trinajstić information content (AvgIpc) is 2.72. The Bertz CT molecular complexity index is 558. The molecule has 0 spiro atoms. The van der Waals surface area contributed by atoms with Crippen molar-refractivity contribution < 1.29 is 14.3 Å². The largest absolute Gasteiger partial charge is 0.481 e. The number of carboxylic acids is 1. The number of carboxylic acid groups (broad SMARTS) is 1. The van der Waals surface area contributed by atoms with Crippen molar-refractivity contribution in [3.05, 3.63) is 29.6 Å². The Balaban J connectivity index is 2.16. The molecule has 0 bridgehead atoms. The Labute approximate surface area is 123 Å². The van der Waals surface area contributed by atoms with Crippen LogP contribution in [0.15, 0.2) is 18.2 Å². The number of nitriles is 1. The molecular weight excluding hydrogens is 271 g/mol. The van der Waals surface area contributed by atoms with E-state index in [2.05, 4.69) is 5.32 Å². The van der Waals surface area contributed by atoms with Gasteiger partial charge in [0, 0.05) is 6.54 Å². The van der Waals surface area contributed by atoms with E-state index in [4.69, 9.17) is 5.26 Å². The highest BCUT2D eigenvalue weighted by atomic mass is 19.1. The van der Waals surface area contributed by atoms with Crippen molar-refractivity contribution in [1.29, 1.82) is 5.26 Å². The van der Waals surface area contributed by atoms with E-state index < -0.39 is 17.2 Å². The standard InChI is InChI=1S/C16H19FN2O2/c17-13-5-6-14(12(9-13)10-18)19-11-16(15(20)21)7-3-1-2-4-8-16/h5-6,9,19H,1-4,7-8,11H2,(H,20,21). The number of nitrogens with one attached hydrogen (secondary N) is 1. The van der Waals surface area contributed by atoms with E-state index in [1.54, 1.807) is 0 Å². The van der Waals surface area contributed by atoms with Crippen LogP contribution in [0.2, 0.25) is 0 Å². The third-order valence-corrected chi connectivity index (χ3v) is 4.23. The fourth-order valence-electron chi connectivity index (χ4n) is 2.90. The maximum atomic E-state index is 13.1. The summed E-state index contributed by atoms with van der Waals surface area (Å²) in [5.74, 6) is -1.27. The average molecular weight is 290 g/mol. The summed E-state index contributed by atoms with van der Waals surface area (Å²) >= 11 is 0. The molecule has 1 aliphatic carbocycles. The Morgan fingerprint density at radius 2 is 2.00 bits per heavy atom. The highest BCUT2D eigenvalue weighted by Gasteiger charge is 2.38. The van der Waals surface area contributed by atoms with Crippen LogP contribution < -0.4 is 5.32 Å². The number of hydrogen-bond acceptors (Lipinski definition) is 3. The van der Waals surface area contributed by atoms with Gasteiger partial charge in [-0.05, 0) is 31.0 Å². The van der Waals surface area contributed by atoms with E-state index in [0.717, 1.165) is 31.7 Å². The maximum absolute atomic E-state index is 13.1. The normalized spacial score (nSPS) is 17.5. The SMILES string of the molecule is N#Cc1cc(F)ccc1NCC1(C(=O)O)CCCCCC1. The predicted molar refractivity (Wildman–Crippen MR) is 77.4 cm³/mol. The monoisotopic (exact) mass is 290 g/mol. The minimum atomic E-state index is -0.794. The van der Waals surface area contributed by atoms with E-state index >= 15 is 0 Å². The molecule has 21 heavy (non-hydrogen) atoms. The lowest BCUT2D eigenvalue weighted by molar-refractivity contribution is -0.149. The fourth-order valence-corrected chi connectivity index (χ4v) is 2.90. The van der Waals surface area contributed by atoms with Crippen molar-refractivity contribution in [2.45, 2.75) is 38.5 Å². The van der Waals surface area contributed by atoms with Gasteiger partial charge < -0.3 is 10.4 Å². The van der Waals surface area contributed by atoms with E-state index in [0.29, 0.717) is 18.5 Å². The number of halogens is 1.